The predicted molar refractivity (Wildman–Crippen MR) is 66.4 cm³/mol. The Morgan fingerprint density at radius 1 is 1.35 bits per heavy atom. The first-order chi connectivity index (χ1) is 8.29. The second-order valence-electron chi connectivity index (χ2n) is 4.17. The number of hydrogen-bond acceptors (Lipinski definition) is 3. The summed E-state index contributed by atoms with van der Waals surface area (Å²) < 4.78 is 4.22. The van der Waals surface area contributed by atoms with Crippen molar-refractivity contribution < 1.29 is 0 Å². The van der Waals surface area contributed by atoms with E-state index in [-0.39, 0.29) is 0 Å². The lowest BCUT2D eigenvalue weighted by atomic mass is 10.3. The summed E-state index contributed by atoms with van der Waals surface area (Å²) in [5, 5.41) is 3.47. The van der Waals surface area contributed by atoms with E-state index in [1.807, 2.05) is 24.9 Å². The van der Waals surface area contributed by atoms with Crippen LogP contribution in [0.25, 0.3) is 0 Å². The van der Waals surface area contributed by atoms with E-state index < -0.39 is 0 Å². The molecule has 0 aliphatic rings. The van der Waals surface area contributed by atoms with E-state index in [0.29, 0.717) is 6.04 Å². The Bertz CT molecular complexity index is 431. The van der Waals surface area contributed by atoms with Crippen LogP contribution in [-0.4, -0.2) is 25.1 Å². The van der Waals surface area contributed by atoms with Crippen molar-refractivity contribution in [1.82, 2.24) is 24.4 Å². The molecule has 5 heteroatoms. The van der Waals surface area contributed by atoms with Gasteiger partial charge in [-0.15, -0.1) is 0 Å². The Hall–Kier alpha value is -1.62. The van der Waals surface area contributed by atoms with Crippen LogP contribution in [0.2, 0.25) is 0 Å². The molecule has 2 rings (SSSR count). The molecule has 0 amide bonds. The van der Waals surface area contributed by atoms with Crippen LogP contribution in [0.4, 0.5) is 0 Å². The molecule has 2 heterocycles. The van der Waals surface area contributed by atoms with Crippen molar-refractivity contribution >= 4 is 0 Å². The summed E-state index contributed by atoms with van der Waals surface area (Å²) in [5.41, 5.74) is 0. The van der Waals surface area contributed by atoms with Crippen molar-refractivity contribution in [2.45, 2.75) is 39.5 Å². The molecule has 0 saturated carbocycles. The highest BCUT2D eigenvalue weighted by Gasteiger charge is 2.05. The molecule has 92 valence electrons. The molecule has 1 unspecified atom stereocenters. The maximum absolute atomic E-state index is 4.34. The van der Waals surface area contributed by atoms with Gasteiger partial charge in [-0.1, -0.05) is 0 Å². The van der Waals surface area contributed by atoms with Crippen molar-refractivity contribution in [3.05, 3.63) is 36.9 Å². The first-order valence-corrected chi connectivity index (χ1v) is 5.98. The van der Waals surface area contributed by atoms with Crippen molar-refractivity contribution in [1.29, 1.82) is 0 Å². The summed E-state index contributed by atoms with van der Waals surface area (Å²) >= 11 is 0. The van der Waals surface area contributed by atoms with Gasteiger partial charge in [-0.05, 0) is 13.8 Å². The van der Waals surface area contributed by atoms with Crippen molar-refractivity contribution in [3.63, 3.8) is 0 Å². The molecule has 1 atom stereocenters. The highest BCUT2D eigenvalue weighted by molar-refractivity contribution is 4.92. The maximum atomic E-state index is 4.34. The van der Waals surface area contributed by atoms with Gasteiger partial charge in [-0.25, -0.2) is 9.97 Å². The van der Waals surface area contributed by atoms with Crippen LogP contribution < -0.4 is 5.32 Å². The number of aromatic nitrogens is 4. The number of hydrogen-bond donors (Lipinski definition) is 1. The first kappa shape index (κ1) is 11.9. The zero-order chi connectivity index (χ0) is 12.1. The summed E-state index contributed by atoms with van der Waals surface area (Å²) in [6, 6.07) is 0.395. The van der Waals surface area contributed by atoms with Gasteiger partial charge >= 0.3 is 0 Å². The standard InChI is InChI=1S/C12H19N5/c1-3-17-7-5-14-12(17)8-15-11(2)9-16-6-4-13-10-16/h4-7,10-11,15H,3,8-9H2,1-2H3. The molecule has 0 aliphatic heterocycles. The molecule has 1 N–H and O–H groups in total. The van der Waals surface area contributed by atoms with E-state index in [4.69, 9.17) is 0 Å². The van der Waals surface area contributed by atoms with E-state index in [1.165, 1.54) is 0 Å². The van der Waals surface area contributed by atoms with Gasteiger partial charge in [0.1, 0.15) is 5.82 Å². The minimum absolute atomic E-state index is 0.395. The topological polar surface area (TPSA) is 47.7 Å². The summed E-state index contributed by atoms with van der Waals surface area (Å²) in [7, 11) is 0. The van der Waals surface area contributed by atoms with Gasteiger partial charge < -0.3 is 14.5 Å². The third-order valence-corrected chi connectivity index (χ3v) is 2.79. The Morgan fingerprint density at radius 2 is 2.24 bits per heavy atom. The molecule has 0 bridgehead atoms. The molecule has 0 radical (unpaired) electrons. The number of nitrogens with zero attached hydrogens (tertiary/aromatic N) is 4. The molecule has 2 aromatic rings. The number of rotatable bonds is 6. The normalized spacial score (nSPS) is 12.8. The summed E-state index contributed by atoms with van der Waals surface area (Å²) in [6.45, 7) is 6.98. The lowest BCUT2D eigenvalue weighted by molar-refractivity contribution is 0.463. The van der Waals surface area contributed by atoms with Gasteiger partial charge in [0.15, 0.2) is 0 Å². The average molecular weight is 233 g/mol. The quantitative estimate of drug-likeness (QED) is 0.817. The number of imidazole rings is 2. The van der Waals surface area contributed by atoms with E-state index in [1.54, 1.807) is 6.20 Å². The van der Waals surface area contributed by atoms with Gasteiger partial charge in [-0.2, -0.15) is 0 Å². The Morgan fingerprint density at radius 3 is 2.94 bits per heavy atom. The fourth-order valence-corrected chi connectivity index (χ4v) is 1.84. The van der Waals surface area contributed by atoms with Crippen LogP contribution in [0.5, 0.6) is 0 Å². The van der Waals surface area contributed by atoms with Crippen molar-refractivity contribution in [2.75, 3.05) is 0 Å². The molecule has 0 aliphatic carbocycles. The highest BCUT2D eigenvalue weighted by Crippen LogP contribution is 1.98. The zero-order valence-electron chi connectivity index (χ0n) is 10.4. The third kappa shape index (κ3) is 3.17. The first-order valence-electron chi connectivity index (χ1n) is 5.98. The molecule has 17 heavy (non-hydrogen) atoms. The molecule has 2 aromatic heterocycles. The number of nitrogens with one attached hydrogen (secondary N) is 1. The van der Waals surface area contributed by atoms with Gasteiger partial charge in [0.2, 0.25) is 0 Å². The minimum Gasteiger partial charge on any atom is -0.336 e. The summed E-state index contributed by atoms with van der Waals surface area (Å²) in [5.74, 6) is 1.09. The van der Waals surface area contributed by atoms with Crippen molar-refractivity contribution in [2.24, 2.45) is 0 Å². The smallest absolute Gasteiger partial charge is 0.122 e. The second kappa shape index (κ2) is 5.63. The molecule has 0 saturated heterocycles. The number of aryl methyl sites for hydroxylation is 1. The molecule has 5 nitrogen and oxygen atoms in total. The van der Waals surface area contributed by atoms with Crippen LogP contribution in [0, 0.1) is 0 Å². The second-order valence-corrected chi connectivity index (χ2v) is 4.17. The summed E-state index contributed by atoms with van der Waals surface area (Å²) in [6.07, 6.45) is 9.48. The lowest BCUT2D eigenvalue weighted by Crippen LogP contribution is -2.30. The van der Waals surface area contributed by atoms with Crippen LogP contribution in [-0.2, 0) is 19.6 Å². The van der Waals surface area contributed by atoms with Crippen LogP contribution in [0.1, 0.15) is 19.7 Å². The zero-order valence-corrected chi connectivity index (χ0v) is 10.4. The van der Waals surface area contributed by atoms with E-state index in [0.717, 1.165) is 25.5 Å². The molecular formula is C12H19N5. The fourth-order valence-electron chi connectivity index (χ4n) is 1.84. The minimum atomic E-state index is 0.395. The Kier molecular flexibility index (Phi) is 3.93. The molecule has 0 aromatic carbocycles. The Balaban J connectivity index is 1.82. The van der Waals surface area contributed by atoms with Gasteiger partial charge in [0, 0.05) is 43.9 Å². The largest absolute Gasteiger partial charge is 0.336 e. The van der Waals surface area contributed by atoms with Crippen LogP contribution >= 0.6 is 0 Å². The summed E-state index contributed by atoms with van der Waals surface area (Å²) in [4.78, 5) is 8.37. The molecule has 0 spiro atoms. The molecule has 0 fully saturated rings. The van der Waals surface area contributed by atoms with Crippen molar-refractivity contribution in [3.8, 4) is 0 Å². The Labute approximate surface area is 102 Å². The SMILES string of the molecule is CCn1ccnc1CNC(C)Cn1ccnc1. The third-order valence-electron chi connectivity index (χ3n) is 2.79. The maximum Gasteiger partial charge on any atom is 0.122 e. The van der Waals surface area contributed by atoms with Gasteiger partial charge in [0.25, 0.3) is 0 Å². The van der Waals surface area contributed by atoms with Crippen LogP contribution in [0.3, 0.4) is 0 Å². The van der Waals surface area contributed by atoms with Gasteiger partial charge in [-0.3, -0.25) is 0 Å². The molecular weight excluding hydrogens is 214 g/mol. The average Bonchev–Trinajstić information content (AvgIpc) is 2.96. The van der Waals surface area contributed by atoms with Crippen LogP contribution in [0.15, 0.2) is 31.1 Å². The van der Waals surface area contributed by atoms with E-state index in [2.05, 4.69) is 38.3 Å². The fraction of sp³-hybridized carbons (Fsp3) is 0.500. The van der Waals surface area contributed by atoms with E-state index in [9.17, 15) is 0 Å². The van der Waals surface area contributed by atoms with Gasteiger partial charge in [0.05, 0.1) is 12.9 Å². The lowest BCUT2D eigenvalue weighted by Gasteiger charge is -2.14. The van der Waals surface area contributed by atoms with E-state index >= 15 is 0 Å². The monoisotopic (exact) mass is 233 g/mol. The predicted octanol–water partition coefficient (Wildman–Crippen LogP) is 1.28. The highest BCUT2D eigenvalue weighted by atomic mass is 15.1.